The Kier molecular flexibility index (Phi) is 39.6. The van der Waals surface area contributed by atoms with E-state index < -0.39 is 32.5 Å². The highest BCUT2D eigenvalue weighted by molar-refractivity contribution is 7.46. The molecule has 0 spiro atoms. The highest BCUT2D eigenvalue weighted by Gasteiger charge is 2.22. The maximum absolute atomic E-state index is 12.4. The normalized spacial score (nSPS) is 12.7. The molecule has 0 aliphatic rings. The van der Waals surface area contributed by atoms with Crippen molar-refractivity contribution in [1.29, 1.82) is 0 Å². The van der Waals surface area contributed by atoms with Crippen LogP contribution in [0, 0.1) is 0 Å². The van der Waals surface area contributed by atoms with Crippen molar-refractivity contribution in [3.05, 3.63) is 36.5 Å². The molecule has 0 unspecified atom stereocenters. The zero-order chi connectivity index (χ0) is 39.6. The second-order valence-corrected chi connectivity index (χ2v) is 16.2. The summed E-state index contributed by atoms with van der Waals surface area (Å²) in [6.07, 6.45) is 48.7. The number of hydrogen-bond acceptors (Lipinski definition) is 6. The fraction of sp³-hybridized carbons (Fsp3) is 0.822. The molecule has 8 nitrogen and oxygen atoms in total. The number of phosphoric ester groups is 1. The van der Waals surface area contributed by atoms with Gasteiger partial charge in [-0.1, -0.05) is 198 Å². The van der Waals surface area contributed by atoms with Crippen molar-refractivity contribution < 1.29 is 37.9 Å². The van der Waals surface area contributed by atoms with Gasteiger partial charge in [-0.2, -0.15) is 0 Å². The maximum Gasteiger partial charge on any atom is 0.469 e. The summed E-state index contributed by atoms with van der Waals surface area (Å²) in [5.74, 6) is -0.896. The van der Waals surface area contributed by atoms with E-state index in [0.717, 1.165) is 70.6 Å². The molecule has 1 atom stereocenters. The average Bonchev–Trinajstić information content (AvgIpc) is 3.14. The van der Waals surface area contributed by atoms with Gasteiger partial charge in [0.25, 0.3) is 0 Å². The van der Waals surface area contributed by atoms with Crippen molar-refractivity contribution in [3.8, 4) is 0 Å². The van der Waals surface area contributed by atoms with Crippen LogP contribution in [-0.2, 0) is 28.2 Å². The number of phosphoric acid groups is 1. The Morgan fingerprint density at radius 2 is 0.889 bits per heavy atom. The summed E-state index contributed by atoms with van der Waals surface area (Å²) in [5.41, 5.74) is 0. The summed E-state index contributed by atoms with van der Waals surface area (Å²) in [6.45, 7) is 3.58. The third-order valence-electron chi connectivity index (χ3n) is 9.67. The topological polar surface area (TPSA) is 119 Å². The first-order chi connectivity index (χ1) is 26.3. The molecule has 2 N–H and O–H groups in total. The summed E-state index contributed by atoms with van der Waals surface area (Å²) in [5, 5.41) is 0. The molecule has 0 aliphatic carbocycles. The van der Waals surface area contributed by atoms with Crippen LogP contribution in [0.2, 0.25) is 0 Å². The standard InChI is InChI=1S/C45H83O8P/c1-3-5-7-9-11-13-15-17-19-20-21-22-23-24-26-28-30-32-34-36-38-40-45(47)53-43(42-52-54(48,49)50)41-51-44(46)39-37-35-33-31-29-27-25-18-16-14-12-10-8-6-4-2/h6,8,12,14,18,25,43H,3-5,7,9-11,13,15-17,19-24,26-42H2,1-2H3,(H2,48,49,50)/b8-6-,14-12-,25-18-/t43-/m1/s1. The van der Waals surface area contributed by atoms with Gasteiger partial charge in [0.1, 0.15) is 6.61 Å². The summed E-state index contributed by atoms with van der Waals surface area (Å²) in [6, 6.07) is 0. The van der Waals surface area contributed by atoms with Gasteiger partial charge < -0.3 is 19.3 Å². The van der Waals surface area contributed by atoms with Gasteiger partial charge in [0.05, 0.1) is 6.61 Å². The molecule has 9 heteroatoms. The van der Waals surface area contributed by atoms with Crippen molar-refractivity contribution >= 4 is 19.8 Å². The molecule has 0 saturated heterocycles. The minimum absolute atomic E-state index is 0.211. The first-order valence-corrected chi connectivity index (χ1v) is 23.8. The maximum atomic E-state index is 12.4. The molecule has 0 aliphatic heterocycles. The van der Waals surface area contributed by atoms with Gasteiger partial charge in [0.15, 0.2) is 6.10 Å². The monoisotopic (exact) mass is 783 g/mol. The van der Waals surface area contributed by atoms with Crippen molar-refractivity contribution in [2.45, 2.75) is 225 Å². The molecule has 316 valence electrons. The van der Waals surface area contributed by atoms with E-state index in [4.69, 9.17) is 19.3 Å². The molecular formula is C45H83O8P. The van der Waals surface area contributed by atoms with Crippen LogP contribution >= 0.6 is 7.82 Å². The number of esters is 2. The quantitative estimate of drug-likeness (QED) is 0.0272. The van der Waals surface area contributed by atoms with Crippen molar-refractivity contribution in [2.24, 2.45) is 0 Å². The SMILES string of the molecule is CC/C=C\C/C=C\C/C=C\CCCCCCCC(=O)OC[C@H](COP(=O)(O)O)OC(=O)CCCCCCCCCCCCCCCCCCCCCCC. The second kappa shape index (κ2) is 40.9. The van der Waals surface area contributed by atoms with Crippen LogP contribution in [0.25, 0.3) is 0 Å². The molecular weight excluding hydrogens is 699 g/mol. The lowest BCUT2D eigenvalue weighted by Gasteiger charge is -2.18. The molecule has 0 radical (unpaired) electrons. The zero-order valence-corrected chi connectivity index (χ0v) is 35.8. The smallest absolute Gasteiger partial charge is 0.462 e. The number of unbranched alkanes of at least 4 members (excludes halogenated alkanes) is 25. The molecule has 0 fully saturated rings. The molecule has 0 saturated carbocycles. The van der Waals surface area contributed by atoms with Gasteiger partial charge in [0.2, 0.25) is 0 Å². The first-order valence-electron chi connectivity index (χ1n) is 22.3. The zero-order valence-electron chi connectivity index (χ0n) is 34.9. The summed E-state index contributed by atoms with van der Waals surface area (Å²) >= 11 is 0. The van der Waals surface area contributed by atoms with Gasteiger partial charge in [-0.3, -0.25) is 14.1 Å². The fourth-order valence-electron chi connectivity index (χ4n) is 6.39. The Balaban J connectivity index is 3.86. The van der Waals surface area contributed by atoms with Crippen molar-refractivity contribution in [3.63, 3.8) is 0 Å². The molecule has 0 rings (SSSR count). The molecule has 0 aromatic carbocycles. The number of ether oxygens (including phenoxy) is 2. The number of hydrogen-bond donors (Lipinski definition) is 2. The highest BCUT2D eigenvalue weighted by atomic mass is 31.2. The largest absolute Gasteiger partial charge is 0.469 e. The third-order valence-corrected chi connectivity index (χ3v) is 10.2. The highest BCUT2D eigenvalue weighted by Crippen LogP contribution is 2.36. The average molecular weight is 783 g/mol. The van der Waals surface area contributed by atoms with E-state index >= 15 is 0 Å². The van der Waals surface area contributed by atoms with Crippen LogP contribution in [0.4, 0.5) is 0 Å². The molecule has 0 amide bonds. The van der Waals surface area contributed by atoms with Crippen LogP contribution in [0.3, 0.4) is 0 Å². The molecule has 0 heterocycles. The van der Waals surface area contributed by atoms with Gasteiger partial charge in [-0.15, -0.1) is 0 Å². The number of carbonyl (C=O) groups excluding carboxylic acids is 2. The summed E-state index contributed by atoms with van der Waals surface area (Å²) in [7, 11) is -4.76. The summed E-state index contributed by atoms with van der Waals surface area (Å²) < 4.78 is 26.4. The first kappa shape index (κ1) is 52.3. The lowest BCUT2D eigenvalue weighted by Crippen LogP contribution is -2.29. The minimum atomic E-state index is -4.76. The van der Waals surface area contributed by atoms with Crippen LogP contribution in [-0.4, -0.2) is 41.0 Å². The molecule has 0 aromatic heterocycles. The van der Waals surface area contributed by atoms with Crippen LogP contribution < -0.4 is 0 Å². The van der Waals surface area contributed by atoms with Gasteiger partial charge in [0, 0.05) is 12.8 Å². The van der Waals surface area contributed by atoms with E-state index in [1.807, 2.05) is 0 Å². The molecule has 54 heavy (non-hydrogen) atoms. The van der Waals surface area contributed by atoms with E-state index in [2.05, 4.69) is 54.8 Å². The van der Waals surface area contributed by atoms with Crippen LogP contribution in [0.5, 0.6) is 0 Å². The molecule has 0 aromatic rings. The van der Waals surface area contributed by atoms with Gasteiger partial charge in [-0.05, 0) is 44.9 Å². The van der Waals surface area contributed by atoms with E-state index in [-0.39, 0.29) is 19.4 Å². The van der Waals surface area contributed by atoms with Crippen molar-refractivity contribution in [2.75, 3.05) is 13.2 Å². The summed E-state index contributed by atoms with van der Waals surface area (Å²) in [4.78, 5) is 42.9. The lowest BCUT2D eigenvalue weighted by molar-refractivity contribution is -0.161. The minimum Gasteiger partial charge on any atom is -0.462 e. The van der Waals surface area contributed by atoms with E-state index in [0.29, 0.717) is 12.8 Å². The number of carbonyl (C=O) groups is 2. The Hall–Kier alpha value is -1.73. The molecule has 0 bridgehead atoms. The van der Waals surface area contributed by atoms with Gasteiger partial charge in [-0.25, -0.2) is 4.57 Å². The van der Waals surface area contributed by atoms with Crippen LogP contribution in [0.15, 0.2) is 36.5 Å². The third kappa shape index (κ3) is 43.0. The Morgan fingerprint density at radius 3 is 1.33 bits per heavy atom. The van der Waals surface area contributed by atoms with E-state index in [1.54, 1.807) is 0 Å². The number of rotatable bonds is 41. The van der Waals surface area contributed by atoms with E-state index in [1.165, 1.54) is 109 Å². The predicted octanol–water partition coefficient (Wildman–Crippen LogP) is 13.7. The van der Waals surface area contributed by atoms with Gasteiger partial charge >= 0.3 is 19.8 Å². The second-order valence-electron chi connectivity index (χ2n) is 15.0. The predicted molar refractivity (Wildman–Crippen MR) is 225 cm³/mol. The van der Waals surface area contributed by atoms with Crippen LogP contribution in [0.1, 0.15) is 219 Å². The fourth-order valence-corrected chi connectivity index (χ4v) is 6.75. The Bertz CT molecular complexity index is 973. The van der Waals surface area contributed by atoms with E-state index in [9.17, 15) is 14.2 Å². The van der Waals surface area contributed by atoms with Crippen molar-refractivity contribution in [1.82, 2.24) is 0 Å². The Labute approximate surface area is 332 Å². The Morgan fingerprint density at radius 1 is 0.500 bits per heavy atom. The number of allylic oxidation sites excluding steroid dienone is 6. The lowest BCUT2D eigenvalue weighted by atomic mass is 10.0.